The Balaban J connectivity index is 1.37. The third kappa shape index (κ3) is 2.86. The first-order valence-electron chi connectivity index (χ1n) is 8.11. The van der Waals surface area contributed by atoms with Gasteiger partial charge < -0.3 is 10.1 Å². The summed E-state index contributed by atoms with van der Waals surface area (Å²) in [7, 11) is 0. The Hall–Kier alpha value is -2.48. The fourth-order valence-electron chi connectivity index (χ4n) is 3.10. The van der Waals surface area contributed by atoms with Crippen LogP contribution in [0.5, 0.6) is 0 Å². The Morgan fingerprint density at radius 3 is 2.88 bits per heavy atom. The van der Waals surface area contributed by atoms with Crippen molar-refractivity contribution in [2.75, 3.05) is 6.54 Å². The van der Waals surface area contributed by atoms with Gasteiger partial charge in [-0.1, -0.05) is 12.1 Å². The van der Waals surface area contributed by atoms with Gasteiger partial charge in [0.05, 0.1) is 10.2 Å². The summed E-state index contributed by atoms with van der Waals surface area (Å²) >= 11 is 1.45. The molecule has 4 rings (SSSR count). The summed E-state index contributed by atoms with van der Waals surface area (Å²) in [5.41, 5.74) is -0.0300. The molecule has 3 amide bonds. The SMILES string of the molecule is C[C@]1(C2CC2)NC(=O)N(CC(=O)OCc2nc3ccccc3s2)C1=O. The Bertz CT molecular complexity index is 843. The van der Waals surface area contributed by atoms with Crippen LogP contribution in [-0.4, -0.2) is 39.9 Å². The molecule has 1 aromatic heterocycles. The van der Waals surface area contributed by atoms with Crippen molar-refractivity contribution in [3.8, 4) is 0 Å². The minimum Gasteiger partial charge on any atom is -0.457 e. The number of nitrogens with zero attached hydrogens (tertiary/aromatic N) is 2. The highest BCUT2D eigenvalue weighted by Gasteiger charge is 2.56. The van der Waals surface area contributed by atoms with Gasteiger partial charge in [-0.25, -0.2) is 9.78 Å². The standard InChI is InChI=1S/C17H17N3O4S/c1-17(10-6-7-10)15(22)20(16(23)19-17)8-14(21)24-9-13-18-11-4-2-3-5-12(11)25-13/h2-5,10H,6-9H2,1H3,(H,19,23)/t17-/m1/s1. The average molecular weight is 359 g/mol. The van der Waals surface area contributed by atoms with E-state index in [0.717, 1.165) is 28.0 Å². The van der Waals surface area contributed by atoms with E-state index in [1.54, 1.807) is 6.92 Å². The molecule has 8 heteroatoms. The van der Waals surface area contributed by atoms with Gasteiger partial charge in [0.15, 0.2) is 0 Å². The quantitative estimate of drug-likeness (QED) is 0.652. The van der Waals surface area contributed by atoms with Gasteiger partial charge in [-0.2, -0.15) is 0 Å². The van der Waals surface area contributed by atoms with Crippen molar-refractivity contribution in [3.63, 3.8) is 0 Å². The molecule has 1 saturated carbocycles. The molecule has 0 bridgehead atoms. The number of aromatic nitrogens is 1. The van der Waals surface area contributed by atoms with E-state index >= 15 is 0 Å². The minimum absolute atomic E-state index is 0.0295. The summed E-state index contributed by atoms with van der Waals surface area (Å²) in [6.07, 6.45) is 1.83. The second-order valence-electron chi connectivity index (χ2n) is 6.53. The number of urea groups is 1. The molecule has 1 aliphatic heterocycles. The third-order valence-electron chi connectivity index (χ3n) is 4.68. The predicted octanol–water partition coefficient (Wildman–Crippen LogP) is 2.06. The van der Waals surface area contributed by atoms with Gasteiger partial charge in [-0.3, -0.25) is 14.5 Å². The summed E-state index contributed by atoms with van der Waals surface area (Å²) in [4.78, 5) is 41.9. The minimum atomic E-state index is -0.885. The van der Waals surface area contributed by atoms with E-state index in [2.05, 4.69) is 10.3 Å². The Kier molecular flexibility index (Phi) is 3.72. The Morgan fingerprint density at radius 1 is 1.40 bits per heavy atom. The van der Waals surface area contributed by atoms with Crippen LogP contribution in [0.4, 0.5) is 4.79 Å². The summed E-state index contributed by atoms with van der Waals surface area (Å²) in [6, 6.07) is 7.13. The lowest BCUT2D eigenvalue weighted by molar-refractivity contribution is -0.148. The lowest BCUT2D eigenvalue weighted by Gasteiger charge is -2.20. The van der Waals surface area contributed by atoms with E-state index in [1.165, 1.54) is 11.3 Å². The van der Waals surface area contributed by atoms with Gasteiger partial charge in [0.25, 0.3) is 5.91 Å². The molecule has 2 aliphatic rings. The van der Waals surface area contributed by atoms with Crippen LogP contribution < -0.4 is 5.32 Å². The number of carbonyl (C=O) groups excluding carboxylic acids is 3. The van der Waals surface area contributed by atoms with Crippen molar-refractivity contribution in [3.05, 3.63) is 29.3 Å². The lowest BCUT2D eigenvalue weighted by Crippen LogP contribution is -2.46. The highest BCUT2D eigenvalue weighted by Crippen LogP contribution is 2.42. The maximum Gasteiger partial charge on any atom is 0.326 e. The number of fused-ring (bicyclic) bond motifs is 1. The van der Waals surface area contributed by atoms with Crippen LogP contribution in [0.25, 0.3) is 10.2 Å². The van der Waals surface area contributed by atoms with Crippen molar-refractivity contribution in [1.82, 2.24) is 15.2 Å². The molecular weight excluding hydrogens is 342 g/mol. The molecule has 25 heavy (non-hydrogen) atoms. The second-order valence-corrected chi connectivity index (χ2v) is 7.65. The number of hydrogen-bond acceptors (Lipinski definition) is 6. The van der Waals surface area contributed by atoms with E-state index in [0.29, 0.717) is 5.01 Å². The van der Waals surface area contributed by atoms with E-state index in [1.807, 2.05) is 24.3 Å². The van der Waals surface area contributed by atoms with Gasteiger partial charge in [-0.05, 0) is 37.8 Å². The normalized spacial score (nSPS) is 23.2. The zero-order chi connectivity index (χ0) is 17.6. The largest absolute Gasteiger partial charge is 0.457 e. The molecule has 1 N–H and O–H groups in total. The summed E-state index contributed by atoms with van der Waals surface area (Å²) in [6.45, 7) is 1.37. The first-order valence-corrected chi connectivity index (χ1v) is 8.93. The molecule has 1 saturated heterocycles. The van der Waals surface area contributed by atoms with Crippen molar-refractivity contribution in [2.45, 2.75) is 31.9 Å². The van der Waals surface area contributed by atoms with Gasteiger partial charge in [0.2, 0.25) is 0 Å². The number of carbonyl (C=O) groups is 3. The van der Waals surface area contributed by atoms with Crippen LogP contribution >= 0.6 is 11.3 Å². The maximum atomic E-state index is 12.5. The predicted molar refractivity (Wildman–Crippen MR) is 90.8 cm³/mol. The first-order chi connectivity index (χ1) is 12.0. The van der Waals surface area contributed by atoms with Crippen LogP contribution in [0.3, 0.4) is 0 Å². The second kappa shape index (κ2) is 5.80. The number of imide groups is 1. The van der Waals surface area contributed by atoms with Gasteiger partial charge >= 0.3 is 12.0 Å². The maximum absolute atomic E-state index is 12.5. The number of esters is 1. The summed E-state index contributed by atoms with van der Waals surface area (Å²) < 4.78 is 6.21. The highest BCUT2D eigenvalue weighted by molar-refractivity contribution is 7.18. The molecule has 2 heterocycles. The van der Waals surface area contributed by atoms with Crippen molar-refractivity contribution in [2.24, 2.45) is 5.92 Å². The number of amides is 3. The van der Waals surface area contributed by atoms with Gasteiger partial charge in [0.1, 0.15) is 23.7 Å². The van der Waals surface area contributed by atoms with Crippen LogP contribution in [0.1, 0.15) is 24.8 Å². The van der Waals surface area contributed by atoms with E-state index in [9.17, 15) is 14.4 Å². The lowest BCUT2D eigenvalue weighted by atomic mass is 9.96. The average Bonchev–Trinajstić information content (AvgIpc) is 3.33. The molecule has 2 fully saturated rings. The third-order valence-corrected chi connectivity index (χ3v) is 5.69. The topological polar surface area (TPSA) is 88.6 Å². The fourth-order valence-corrected chi connectivity index (χ4v) is 3.98. The molecule has 1 atom stereocenters. The van der Waals surface area contributed by atoms with Crippen LogP contribution in [0.15, 0.2) is 24.3 Å². The molecule has 1 aromatic carbocycles. The molecule has 1 aliphatic carbocycles. The molecule has 0 spiro atoms. The monoisotopic (exact) mass is 359 g/mol. The Morgan fingerprint density at radius 2 is 2.16 bits per heavy atom. The smallest absolute Gasteiger partial charge is 0.326 e. The van der Waals surface area contributed by atoms with E-state index < -0.39 is 17.5 Å². The van der Waals surface area contributed by atoms with Gasteiger partial charge in [-0.15, -0.1) is 11.3 Å². The van der Waals surface area contributed by atoms with Crippen LogP contribution in [-0.2, 0) is 20.9 Å². The number of para-hydroxylation sites is 1. The number of rotatable bonds is 5. The number of nitrogens with one attached hydrogen (secondary N) is 1. The zero-order valence-electron chi connectivity index (χ0n) is 13.7. The van der Waals surface area contributed by atoms with Crippen LogP contribution in [0, 0.1) is 5.92 Å². The zero-order valence-corrected chi connectivity index (χ0v) is 14.5. The number of thiazole rings is 1. The van der Waals surface area contributed by atoms with Crippen molar-refractivity contribution >= 4 is 39.5 Å². The fraction of sp³-hybridized carbons (Fsp3) is 0.412. The molecular formula is C17H17N3O4S. The van der Waals surface area contributed by atoms with Crippen LogP contribution in [0.2, 0.25) is 0 Å². The number of benzene rings is 1. The molecule has 2 aromatic rings. The molecule has 7 nitrogen and oxygen atoms in total. The first kappa shape index (κ1) is 16.0. The summed E-state index contributed by atoms with van der Waals surface area (Å²) in [5.74, 6) is -0.813. The van der Waals surface area contributed by atoms with E-state index in [-0.39, 0.29) is 25.0 Å². The van der Waals surface area contributed by atoms with Gasteiger partial charge in [0, 0.05) is 0 Å². The van der Waals surface area contributed by atoms with E-state index in [4.69, 9.17) is 4.74 Å². The van der Waals surface area contributed by atoms with Crippen molar-refractivity contribution in [1.29, 1.82) is 0 Å². The summed E-state index contributed by atoms with van der Waals surface area (Å²) in [5, 5.41) is 3.38. The molecule has 0 unspecified atom stereocenters. The molecule has 0 radical (unpaired) electrons. The molecule has 130 valence electrons. The number of ether oxygens (including phenoxy) is 1. The highest BCUT2D eigenvalue weighted by atomic mass is 32.1. The number of hydrogen-bond donors (Lipinski definition) is 1. The van der Waals surface area contributed by atoms with Crippen molar-refractivity contribution < 1.29 is 19.1 Å². The Labute approximate surface area is 148 Å².